The van der Waals surface area contributed by atoms with Crippen LogP contribution in [-0.2, 0) is 6.18 Å². The number of carbonyl (C=O) groups is 1. The number of urea groups is 1. The first-order valence-corrected chi connectivity index (χ1v) is 8.34. The largest absolute Gasteiger partial charge is 0.416 e. The minimum absolute atomic E-state index is 0.00731. The molecule has 140 valence electrons. The zero-order valence-corrected chi connectivity index (χ0v) is 14.4. The first-order valence-electron chi connectivity index (χ1n) is 8.34. The van der Waals surface area contributed by atoms with E-state index in [9.17, 15) is 18.0 Å². The molecule has 0 spiro atoms. The fourth-order valence-corrected chi connectivity index (χ4v) is 2.92. The number of rotatable bonds is 3. The average molecular weight is 368 g/mol. The Kier molecular flexibility index (Phi) is 4.88. The molecule has 6 nitrogen and oxygen atoms in total. The monoisotopic (exact) mass is 368 g/mol. The Morgan fingerprint density at radius 3 is 2.85 bits per heavy atom. The number of halogens is 3. The third kappa shape index (κ3) is 3.81. The van der Waals surface area contributed by atoms with Gasteiger partial charge in [0.15, 0.2) is 0 Å². The Hall–Kier alpha value is -2.58. The van der Waals surface area contributed by atoms with Crippen LogP contribution in [0.2, 0.25) is 0 Å². The van der Waals surface area contributed by atoms with Gasteiger partial charge >= 0.3 is 12.2 Å². The van der Waals surface area contributed by atoms with Crippen molar-refractivity contribution in [1.29, 1.82) is 0 Å². The predicted molar refractivity (Wildman–Crippen MR) is 87.1 cm³/mol. The molecule has 2 amide bonds. The van der Waals surface area contributed by atoms with Crippen LogP contribution >= 0.6 is 0 Å². The second kappa shape index (κ2) is 6.97. The SMILES string of the molecule is CC(C)NC(=O)N1CCC[C@@H]1c1nc(-c2cccc(C(F)(F)F)c2)no1. The first-order chi connectivity index (χ1) is 12.3. The van der Waals surface area contributed by atoms with Crippen LogP contribution in [0.1, 0.15) is 44.2 Å². The topological polar surface area (TPSA) is 71.3 Å². The number of nitrogens with one attached hydrogen (secondary N) is 1. The van der Waals surface area contributed by atoms with Gasteiger partial charge in [-0.15, -0.1) is 0 Å². The molecule has 3 rings (SSSR count). The maximum absolute atomic E-state index is 12.9. The highest BCUT2D eigenvalue weighted by molar-refractivity contribution is 5.75. The highest BCUT2D eigenvalue weighted by Crippen LogP contribution is 2.34. The van der Waals surface area contributed by atoms with Crippen molar-refractivity contribution in [3.8, 4) is 11.4 Å². The van der Waals surface area contributed by atoms with Crippen molar-refractivity contribution < 1.29 is 22.5 Å². The summed E-state index contributed by atoms with van der Waals surface area (Å²) in [6.07, 6.45) is -2.99. The number of hydrogen-bond donors (Lipinski definition) is 1. The molecular formula is C17H19F3N4O2. The van der Waals surface area contributed by atoms with Gasteiger partial charge in [0, 0.05) is 18.2 Å². The standard InChI is InChI=1S/C17H19F3N4O2/c1-10(2)21-16(25)24-8-4-7-13(24)15-22-14(23-26-15)11-5-3-6-12(9-11)17(18,19)20/h3,5-6,9-10,13H,4,7-8H2,1-2H3,(H,21,25)/t13-/m1/s1. The number of hydrogen-bond acceptors (Lipinski definition) is 4. The number of amides is 2. The number of carbonyl (C=O) groups excluding carboxylic acids is 1. The smallest absolute Gasteiger partial charge is 0.337 e. The van der Waals surface area contributed by atoms with Gasteiger partial charge < -0.3 is 14.7 Å². The Balaban J connectivity index is 1.83. The molecule has 1 aliphatic heterocycles. The zero-order valence-electron chi connectivity index (χ0n) is 14.4. The predicted octanol–water partition coefficient (Wildman–Crippen LogP) is 4.01. The van der Waals surface area contributed by atoms with E-state index in [1.165, 1.54) is 12.1 Å². The quantitative estimate of drug-likeness (QED) is 0.889. The minimum atomic E-state index is -4.44. The van der Waals surface area contributed by atoms with Crippen molar-refractivity contribution in [2.45, 2.75) is 44.9 Å². The van der Waals surface area contributed by atoms with Gasteiger partial charge in [-0.2, -0.15) is 18.2 Å². The second-order valence-corrected chi connectivity index (χ2v) is 6.49. The number of alkyl halides is 3. The van der Waals surface area contributed by atoms with E-state index in [0.717, 1.165) is 18.6 Å². The molecule has 1 fully saturated rings. The van der Waals surface area contributed by atoms with Crippen LogP contribution in [-0.4, -0.2) is 33.7 Å². The van der Waals surface area contributed by atoms with Gasteiger partial charge in [-0.3, -0.25) is 0 Å². The number of benzene rings is 1. The third-order valence-corrected chi connectivity index (χ3v) is 4.10. The summed E-state index contributed by atoms with van der Waals surface area (Å²) in [5.74, 6) is 0.302. The van der Waals surface area contributed by atoms with Crippen molar-refractivity contribution in [1.82, 2.24) is 20.4 Å². The van der Waals surface area contributed by atoms with E-state index < -0.39 is 11.7 Å². The molecule has 2 heterocycles. The van der Waals surface area contributed by atoms with Crippen LogP contribution in [0, 0.1) is 0 Å². The summed E-state index contributed by atoms with van der Waals surface area (Å²) in [5, 5.41) is 6.62. The van der Waals surface area contributed by atoms with Crippen molar-refractivity contribution in [3.63, 3.8) is 0 Å². The van der Waals surface area contributed by atoms with E-state index in [4.69, 9.17) is 4.52 Å². The van der Waals surface area contributed by atoms with Crippen LogP contribution in [0.15, 0.2) is 28.8 Å². The van der Waals surface area contributed by atoms with E-state index in [1.54, 1.807) is 4.90 Å². The van der Waals surface area contributed by atoms with E-state index in [1.807, 2.05) is 13.8 Å². The van der Waals surface area contributed by atoms with Gasteiger partial charge in [-0.05, 0) is 38.8 Å². The Bertz CT molecular complexity index is 788. The summed E-state index contributed by atoms with van der Waals surface area (Å²) >= 11 is 0. The molecule has 0 saturated carbocycles. The molecule has 1 saturated heterocycles. The lowest BCUT2D eigenvalue weighted by Crippen LogP contribution is -2.42. The Labute approximate surface area is 148 Å². The van der Waals surface area contributed by atoms with E-state index in [0.29, 0.717) is 13.0 Å². The lowest BCUT2D eigenvalue weighted by atomic mass is 10.1. The maximum Gasteiger partial charge on any atom is 0.416 e. The normalized spacial score (nSPS) is 17.8. The Morgan fingerprint density at radius 1 is 1.38 bits per heavy atom. The van der Waals surface area contributed by atoms with Crippen LogP contribution < -0.4 is 5.32 Å². The average Bonchev–Trinajstić information content (AvgIpc) is 3.22. The summed E-state index contributed by atoms with van der Waals surface area (Å²) in [4.78, 5) is 18.1. The molecule has 1 N–H and O–H groups in total. The van der Waals surface area contributed by atoms with Crippen LogP contribution in [0.5, 0.6) is 0 Å². The molecule has 9 heteroatoms. The molecule has 26 heavy (non-hydrogen) atoms. The molecule has 0 bridgehead atoms. The highest BCUT2D eigenvalue weighted by atomic mass is 19.4. The Morgan fingerprint density at radius 2 is 2.15 bits per heavy atom. The fourth-order valence-electron chi connectivity index (χ4n) is 2.92. The van der Waals surface area contributed by atoms with Crippen LogP contribution in [0.25, 0.3) is 11.4 Å². The molecular weight excluding hydrogens is 349 g/mol. The molecule has 0 aliphatic carbocycles. The van der Waals surface area contributed by atoms with E-state index >= 15 is 0 Å². The molecule has 1 aromatic heterocycles. The van der Waals surface area contributed by atoms with E-state index in [2.05, 4.69) is 15.5 Å². The number of nitrogens with zero attached hydrogens (tertiary/aromatic N) is 3. The zero-order chi connectivity index (χ0) is 18.9. The van der Waals surface area contributed by atoms with Crippen molar-refractivity contribution in [2.24, 2.45) is 0 Å². The summed E-state index contributed by atoms with van der Waals surface area (Å²) in [7, 11) is 0. The number of aromatic nitrogens is 2. The van der Waals surface area contributed by atoms with E-state index in [-0.39, 0.29) is 35.4 Å². The van der Waals surface area contributed by atoms with Gasteiger partial charge in [0.1, 0.15) is 6.04 Å². The van der Waals surface area contributed by atoms with Gasteiger partial charge in [0.05, 0.1) is 5.56 Å². The molecule has 0 radical (unpaired) electrons. The lowest BCUT2D eigenvalue weighted by molar-refractivity contribution is -0.137. The molecule has 0 unspecified atom stereocenters. The molecule has 1 atom stereocenters. The van der Waals surface area contributed by atoms with Gasteiger partial charge in [-0.25, -0.2) is 4.79 Å². The van der Waals surface area contributed by atoms with Gasteiger partial charge in [-0.1, -0.05) is 17.3 Å². The molecule has 1 aliphatic rings. The van der Waals surface area contributed by atoms with Crippen LogP contribution in [0.3, 0.4) is 0 Å². The molecule has 1 aromatic carbocycles. The summed E-state index contributed by atoms with van der Waals surface area (Å²) in [6, 6.07) is 4.15. The van der Waals surface area contributed by atoms with Crippen molar-refractivity contribution >= 4 is 6.03 Å². The van der Waals surface area contributed by atoms with Gasteiger partial charge in [0.2, 0.25) is 11.7 Å². The van der Waals surface area contributed by atoms with Crippen LogP contribution in [0.4, 0.5) is 18.0 Å². The second-order valence-electron chi connectivity index (χ2n) is 6.49. The maximum atomic E-state index is 12.9. The minimum Gasteiger partial charge on any atom is -0.337 e. The molecule has 2 aromatic rings. The summed E-state index contributed by atoms with van der Waals surface area (Å²) < 4.78 is 43.8. The lowest BCUT2D eigenvalue weighted by Gasteiger charge is -2.23. The van der Waals surface area contributed by atoms with Crippen molar-refractivity contribution in [3.05, 3.63) is 35.7 Å². The first kappa shape index (κ1) is 18.2. The van der Waals surface area contributed by atoms with Gasteiger partial charge in [0.25, 0.3) is 0 Å². The van der Waals surface area contributed by atoms with Crippen molar-refractivity contribution in [2.75, 3.05) is 6.54 Å². The summed E-state index contributed by atoms with van der Waals surface area (Å²) in [6.45, 7) is 4.29. The fraction of sp³-hybridized carbons (Fsp3) is 0.471. The summed E-state index contributed by atoms with van der Waals surface area (Å²) in [5.41, 5.74) is -0.564. The highest BCUT2D eigenvalue weighted by Gasteiger charge is 2.35. The third-order valence-electron chi connectivity index (χ3n) is 4.10. The number of likely N-dealkylation sites (tertiary alicyclic amines) is 1.